The van der Waals surface area contributed by atoms with E-state index in [-0.39, 0.29) is 23.9 Å². The summed E-state index contributed by atoms with van der Waals surface area (Å²) < 4.78 is 12.7. The molecule has 1 N–H and O–H groups in total. The molecule has 0 aliphatic carbocycles. The van der Waals surface area contributed by atoms with Gasteiger partial charge in [0.1, 0.15) is 5.82 Å². The summed E-state index contributed by atoms with van der Waals surface area (Å²) in [5.41, 5.74) is 2.04. The van der Waals surface area contributed by atoms with E-state index in [1.54, 1.807) is 24.3 Å². The molecule has 0 bridgehead atoms. The second-order valence-electron chi connectivity index (χ2n) is 4.15. The number of nitro benzene ring substituents is 1. The number of non-ortho nitro benzene ring substituents is 1. The first kappa shape index (κ1) is 16.1. The lowest BCUT2D eigenvalue weighted by Crippen LogP contribution is -2.12. The predicted molar refractivity (Wildman–Crippen MR) is 77.3 cm³/mol. The van der Waals surface area contributed by atoms with Gasteiger partial charge in [0.15, 0.2) is 0 Å². The Hall–Kier alpha value is -1.98. The van der Waals surface area contributed by atoms with Crippen molar-refractivity contribution in [2.24, 2.45) is 0 Å². The van der Waals surface area contributed by atoms with Crippen LogP contribution in [-0.4, -0.2) is 4.92 Å². The smallest absolute Gasteiger partial charge is 0.269 e. The van der Waals surface area contributed by atoms with Gasteiger partial charge in [-0.05, 0) is 23.3 Å². The first-order valence-electron chi connectivity index (χ1n) is 5.83. The number of hydrogen-bond acceptors (Lipinski definition) is 3. The summed E-state index contributed by atoms with van der Waals surface area (Å²) in [6, 6.07) is 12.7. The molecule has 4 nitrogen and oxygen atoms in total. The molecule has 20 heavy (non-hydrogen) atoms. The molecule has 0 unspecified atom stereocenters. The number of benzene rings is 2. The fraction of sp³-hybridized carbons (Fsp3) is 0.143. The Labute approximate surface area is 122 Å². The van der Waals surface area contributed by atoms with Crippen molar-refractivity contribution in [1.29, 1.82) is 0 Å². The molecule has 0 saturated carbocycles. The molecule has 0 spiro atoms. The SMILES string of the molecule is Cl.O=[N+]([O-])c1ccc(CNCc2ccc(F)cc2)cc1. The Morgan fingerprint density at radius 1 is 0.950 bits per heavy atom. The highest BCUT2D eigenvalue weighted by Crippen LogP contribution is 2.11. The maximum atomic E-state index is 12.7. The number of hydrogen-bond donors (Lipinski definition) is 1. The van der Waals surface area contributed by atoms with E-state index in [1.807, 2.05) is 0 Å². The van der Waals surface area contributed by atoms with Gasteiger partial charge in [-0.2, -0.15) is 0 Å². The molecule has 0 heterocycles. The normalized spacial score (nSPS) is 9.85. The minimum absolute atomic E-state index is 0. The van der Waals surface area contributed by atoms with Crippen LogP contribution < -0.4 is 5.32 Å². The van der Waals surface area contributed by atoms with E-state index in [1.165, 1.54) is 24.3 Å². The topological polar surface area (TPSA) is 55.2 Å². The van der Waals surface area contributed by atoms with Gasteiger partial charge in [0.2, 0.25) is 0 Å². The summed E-state index contributed by atoms with van der Waals surface area (Å²) in [7, 11) is 0. The van der Waals surface area contributed by atoms with E-state index >= 15 is 0 Å². The van der Waals surface area contributed by atoms with Crippen LogP contribution in [0.3, 0.4) is 0 Å². The molecule has 0 aliphatic heterocycles. The number of rotatable bonds is 5. The van der Waals surface area contributed by atoms with Crippen molar-refractivity contribution in [3.63, 3.8) is 0 Å². The van der Waals surface area contributed by atoms with E-state index in [2.05, 4.69) is 5.32 Å². The van der Waals surface area contributed by atoms with Crippen molar-refractivity contribution >= 4 is 18.1 Å². The Bertz CT molecular complexity index is 558. The van der Waals surface area contributed by atoms with Crippen LogP contribution in [-0.2, 0) is 13.1 Å². The Morgan fingerprint density at radius 2 is 1.40 bits per heavy atom. The average Bonchev–Trinajstić information content (AvgIpc) is 2.41. The van der Waals surface area contributed by atoms with Crippen molar-refractivity contribution in [2.45, 2.75) is 13.1 Å². The standard InChI is InChI=1S/C14H13FN2O2.ClH/c15-13-5-1-11(2-6-13)9-16-10-12-3-7-14(8-4-12)17(18)19;/h1-8,16H,9-10H2;1H. The van der Waals surface area contributed by atoms with Crippen LogP contribution in [0, 0.1) is 15.9 Å². The van der Waals surface area contributed by atoms with Crippen molar-refractivity contribution < 1.29 is 9.31 Å². The lowest BCUT2D eigenvalue weighted by Gasteiger charge is -2.05. The lowest BCUT2D eigenvalue weighted by molar-refractivity contribution is -0.384. The third-order valence-corrected chi connectivity index (χ3v) is 2.72. The van der Waals surface area contributed by atoms with Crippen molar-refractivity contribution in [3.05, 3.63) is 75.6 Å². The fourth-order valence-electron chi connectivity index (χ4n) is 1.69. The molecular weight excluding hydrogens is 283 g/mol. The second-order valence-corrected chi connectivity index (χ2v) is 4.15. The minimum atomic E-state index is -0.421. The molecule has 106 valence electrons. The summed E-state index contributed by atoms with van der Waals surface area (Å²) in [5.74, 6) is -0.251. The fourth-order valence-corrected chi connectivity index (χ4v) is 1.69. The molecule has 0 aliphatic rings. The zero-order chi connectivity index (χ0) is 13.7. The number of nitro groups is 1. The number of nitrogens with one attached hydrogen (secondary N) is 1. The number of halogens is 2. The van der Waals surface area contributed by atoms with Gasteiger partial charge in [-0.1, -0.05) is 24.3 Å². The van der Waals surface area contributed by atoms with Gasteiger partial charge in [-0.15, -0.1) is 12.4 Å². The molecule has 0 radical (unpaired) electrons. The highest BCUT2D eigenvalue weighted by molar-refractivity contribution is 5.85. The van der Waals surface area contributed by atoms with E-state index in [4.69, 9.17) is 0 Å². The minimum Gasteiger partial charge on any atom is -0.309 e. The molecule has 6 heteroatoms. The average molecular weight is 297 g/mol. The maximum Gasteiger partial charge on any atom is 0.269 e. The van der Waals surface area contributed by atoms with Crippen molar-refractivity contribution in [1.82, 2.24) is 5.32 Å². The summed E-state index contributed by atoms with van der Waals surface area (Å²) in [4.78, 5) is 10.1. The van der Waals surface area contributed by atoms with E-state index in [0.717, 1.165) is 11.1 Å². The Morgan fingerprint density at radius 3 is 1.85 bits per heavy atom. The van der Waals surface area contributed by atoms with Crippen LogP contribution in [0.1, 0.15) is 11.1 Å². The number of nitrogens with zero attached hydrogens (tertiary/aromatic N) is 1. The molecule has 2 rings (SSSR count). The Balaban J connectivity index is 0.00000200. The van der Waals surface area contributed by atoms with Crippen LogP contribution in [0.25, 0.3) is 0 Å². The van der Waals surface area contributed by atoms with Gasteiger partial charge < -0.3 is 5.32 Å². The van der Waals surface area contributed by atoms with Crippen LogP contribution in [0.15, 0.2) is 48.5 Å². The maximum absolute atomic E-state index is 12.7. The summed E-state index contributed by atoms with van der Waals surface area (Å²) in [6.07, 6.45) is 0. The van der Waals surface area contributed by atoms with Crippen LogP contribution in [0.2, 0.25) is 0 Å². The van der Waals surface area contributed by atoms with Crippen LogP contribution in [0.5, 0.6) is 0 Å². The highest BCUT2D eigenvalue weighted by Gasteiger charge is 2.03. The van der Waals surface area contributed by atoms with Crippen molar-refractivity contribution in [2.75, 3.05) is 0 Å². The van der Waals surface area contributed by atoms with Gasteiger partial charge in [0, 0.05) is 25.2 Å². The van der Waals surface area contributed by atoms with Gasteiger partial charge in [0.05, 0.1) is 4.92 Å². The van der Waals surface area contributed by atoms with E-state index < -0.39 is 4.92 Å². The molecule has 0 atom stereocenters. The van der Waals surface area contributed by atoms with E-state index in [9.17, 15) is 14.5 Å². The quantitative estimate of drug-likeness (QED) is 0.679. The molecular formula is C14H14ClFN2O2. The highest BCUT2D eigenvalue weighted by atomic mass is 35.5. The Kier molecular flexibility index (Phi) is 6.09. The first-order valence-corrected chi connectivity index (χ1v) is 5.83. The third-order valence-electron chi connectivity index (χ3n) is 2.72. The molecule has 0 saturated heterocycles. The summed E-state index contributed by atoms with van der Waals surface area (Å²) in [6.45, 7) is 1.23. The molecule has 2 aromatic carbocycles. The second kappa shape index (κ2) is 7.57. The monoisotopic (exact) mass is 296 g/mol. The zero-order valence-electron chi connectivity index (χ0n) is 10.6. The molecule has 2 aromatic rings. The van der Waals surface area contributed by atoms with Gasteiger partial charge in [-0.3, -0.25) is 10.1 Å². The zero-order valence-corrected chi connectivity index (χ0v) is 11.4. The van der Waals surface area contributed by atoms with Gasteiger partial charge in [0.25, 0.3) is 5.69 Å². The molecule has 0 amide bonds. The summed E-state index contributed by atoms with van der Waals surface area (Å²) in [5, 5.41) is 13.7. The van der Waals surface area contributed by atoms with Crippen molar-refractivity contribution in [3.8, 4) is 0 Å². The molecule has 0 aromatic heterocycles. The van der Waals surface area contributed by atoms with Crippen LogP contribution in [0.4, 0.5) is 10.1 Å². The van der Waals surface area contributed by atoms with E-state index in [0.29, 0.717) is 13.1 Å². The molecule has 0 fully saturated rings. The van der Waals surface area contributed by atoms with Crippen LogP contribution >= 0.6 is 12.4 Å². The lowest BCUT2D eigenvalue weighted by atomic mass is 10.2. The summed E-state index contributed by atoms with van der Waals surface area (Å²) >= 11 is 0. The first-order chi connectivity index (χ1) is 9.15. The largest absolute Gasteiger partial charge is 0.309 e. The predicted octanol–water partition coefficient (Wildman–Crippen LogP) is 3.45. The van der Waals surface area contributed by atoms with Gasteiger partial charge >= 0.3 is 0 Å². The van der Waals surface area contributed by atoms with Gasteiger partial charge in [-0.25, -0.2) is 4.39 Å². The third kappa shape index (κ3) is 4.60.